The zero-order valence-electron chi connectivity index (χ0n) is 13.4. The molecule has 0 aliphatic carbocycles. The highest BCUT2D eigenvalue weighted by Gasteiger charge is 2.51. The number of urea groups is 1. The van der Waals surface area contributed by atoms with Gasteiger partial charge in [0.25, 0.3) is 5.91 Å². The van der Waals surface area contributed by atoms with E-state index in [0.29, 0.717) is 12.0 Å². The Labute approximate surface area is 134 Å². The molecule has 0 unspecified atom stereocenters. The Morgan fingerprint density at radius 2 is 1.91 bits per heavy atom. The van der Waals surface area contributed by atoms with Crippen LogP contribution >= 0.6 is 0 Å². The van der Waals surface area contributed by atoms with Crippen LogP contribution in [0.25, 0.3) is 0 Å². The standard InChI is InChI=1S/C17H21FN2O3/c1-3-4-10-17(13-5-7-14(18)8-6-13)15(22)20(16(23)19-17)11-9-12(2)21/h5-8H,3-4,9-11H2,1-2H3,(H,19,23)/t17-/m1/s1. The minimum atomic E-state index is -1.17. The largest absolute Gasteiger partial charge is 0.325 e. The molecule has 23 heavy (non-hydrogen) atoms. The van der Waals surface area contributed by atoms with E-state index in [0.717, 1.165) is 17.7 Å². The number of hydrogen-bond acceptors (Lipinski definition) is 3. The smallest absolute Gasteiger partial charge is 0.319 e. The lowest BCUT2D eigenvalue weighted by Gasteiger charge is -2.27. The molecule has 5 nitrogen and oxygen atoms in total. The molecule has 0 bridgehead atoms. The van der Waals surface area contributed by atoms with E-state index in [4.69, 9.17) is 0 Å². The molecule has 3 amide bonds. The first-order valence-electron chi connectivity index (χ1n) is 7.80. The van der Waals surface area contributed by atoms with Gasteiger partial charge in [-0.25, -0.2) is 9.18 Å². The molecule has 1 aromatic rings. The molecule has 1 saturated heterocycles. The highest BCUT2D eigenvalue weighted by molar-refractivity contribution is 6.07. The van der Waals surface area contributed by atoms with Gasteiger partial charge >= 0.3 is 6.03 Å². The molecule has 1 heterocycles. The van der Waals surface area contributed by atoms with Gasteiger partial charge in [-0.1, -0.05) is 31.9 Å². The number of nitrogens with one attached hydrogen (secondary N) is 1. The summed E-state index contributed by atoms with van der Waals surface area (Å²) in [5.74, 6) is -0.855. The lowest BCUT2D eigenvalue weighted by atomic mass is 9.84. The van der Waals surface area contributed by atoms with E-state index >= 15 is 0 Å². The van der Waals surface area contributed by atoms with E-state index in [1.807, 2.05) is 6.92 Å². The van der Waals surface area contributed by atoms with Crippen LogP contribution in [-0.4, -0.2) is 29.2 Å². The van der Waals surface area contributed by atoms with E-state index in [1.54, 1.807) is 0 Å². The number of halogens is 1. The Balaban J connectivity index is 2.35. The number of nitrogens with zero attached hydrogens (tertiary/aromatic N) is 1. The Bertz CT molecular complexity index is 615. The number of imide groups is 1. The van der Waals surface area contributed by atoms with Gasteiger partial charge in [-0.15, -0.1) is 0 Å². The third-order valence-electron chi connectivity index (χ3n) is 4.11. The summed E-state index contributed by atoms with van der Waals surface area (Å²) in [5.41, 5.74) is -0.603. The minimum Gasteiger partial charge on any atom is -0.319 e. The maximum absolute atomic E-state index is 13.2. The van der Waals surface area contributed by atoms with Crippen LogP contribution in [0.4, 0.5) is 9.18 Å². The maximum atomic E-state index is 13.2. The van der Waals surface area contributed by atoms with Crippen LogP contribution in [0.3, 0.4) is 0 Å². The molecular formula is C17H21FN2O3. The second-order valence-electron chi connectivity index (χ2n) is 5.85. The Morgan fingerprint density at radius 3 is 2.48 bits per heavy atom. The summed E-state index contributed by atoms with van der Waals surface area (Å²) < 4.78 is 13.2. The topological polar surface area (TPSA) is 66.5 Å². The first kappa shape index (κ1) is 17.1. The SMILES string of the molecule is CCCC[C@]1(c2ccc(F)cc2)NC(=O)N(CCC(C)=O)C1=O. The van der Waals surface area contributed by atoms with Crippen LogP contribution in [0.2, 0.25) is 0 Å². The summed E-state index contributed by atoms with van der Waals surface area (Å²) in [4.78, 5) is 37.3. The van der Waals surface area contributed by atoms with E-state index < -0.39 is 17.4 Å². The second kappa shape index (κ2) is 6.89. The fourth-order valence-corrected chi connectivity index (χ4v) is 2.78. The van der Waals surface area contributed by atoms with Crippen LogP contribution in [0.5, 0.6) is 0 Å². The molecule has 0 radical (unpaired) electrons. The summed E-state index contributed by atoms with van der Waals surface area (Å²) >= 11 is 0. The van der Waals surface area contributed by atoms with Crippen molar-refractivity contribution in [1.82, 2.24) is 10.2 Å². The molecule has 1 N–H and O–H groups in total. The molecule has 6 heteroatoms. The number of ketones is 1. The maximum Gasteiger partial charge on any atom is 0.325 e. The zero-order chi connectivity index (χ0) is 17.0. The third-order valence-corrected chi connectivity index (χ3v) is 4.11. The fraction of sp³-hybridized carbons (Fsp3) is 0.471. The van der Waals surface area contributed by atoms with Crippen molar-refractivity contribution in [3.8, 4) is 0 Å². The quantitative estimate of drug-likeness (QED) is 0.786. The molecule has 1 aromatic carbocycles. The van der Waals surface area contributed by atoms with Gasteiger partial charge in [-0.2, -0.15) is 0 Å². The summed E-state index contributed by atoms with van der Waals surface area (Å²) in [6.45, 7) is 3.48. The van der Waals surface area contributed by atoms with Gasteiger partial charge < -0.3 is 5.32 Å². The van der Waals surface area contributed by atoms with Crippen molar-refractivity contribution in [2.45, 2.75) is 45.1 Å². The average molecular weight is 320 g/mol. The number of hydrogen-bond donors (Lipinski definition) is 1. The van der Waals surface area contributed by atoms with Crippen LogP contribution in [0, 0.1) is 5.82 Å². The van der Waals surface area contributed by atoms with Crippen LogP contribution < -0.4 is 5.32 Å². The van der Waals surface area contributed by atoms with Gasteiger partial charge in [-0.3, -0.25) is 14.5 Å². The van der Waals surface area contributed by atoms with E-state index in [2.05, 4.69) is 5.32 Å². The number of benzene rings is 1. The lowest BCUT2D eigenvalue weighted by Crippen LogP contribution is -2.44. The number of carbonyl (C=O) groups is 3. The van der Waals surface area contributed by atoms with Gasteiger partial charge in [0, 0.05) is 13.0 Å². The molecule has 1 fully saturated rings. The Kier molecular flexibility index (Phi) is 5.13. The van der Waals surface area contributed by atoms with Crippen molar-refractivity contribution in [3.05, 3.63) is 35.6 Å². The van der Waals surface area contributed by atoms with Crippen molar-refractivity contribution in [2.24, 2.45) is 0 Å². The molecule has 0 saturated carbocycles. The summed E-state index contributed by atoms with van der Waals surface area (Å²) in [7, 11) is 0. The molecule has 0 aromatic heterocycles. The minimum absolute atomic E-state index is 0.0646. The molecule has 0 spiro atoms. The first-order chi connectivity index (χ1) is 10.9. The zero-order valence-corrected chi connectivity index (χ0v) is 13.4. The van der Waals surface area contributed by atoms with Crippen molar-refractivity contribution in [3.63, 3.8) is 0 Å². The van der Waals surface area contributed by atoms with E-state index in [-0.39, 0.29) is 24.7 Å². The highest BCUT2D eigenvalue weighted by Crippen LogP contribution is 2.34. The number of carbonyl (C=O) groups excluding carboxylic acids is 3. The molecule has 1 aliphatic heterocycles. The summed E-state index contributed by atoms with van der Waals surface area (Å²) in [6, 6.07) is 5.10. The van der Waals surface area contributed by atoms with Crippen LogP contribution in [0.15, 0.2) is 24.3 Å². The van der Waals surface area contributed by atoms with Gasteiger partial charge in [0.05, 0.1) is 0 Å². The molecular weight excluding hydrogens is 299 g/mol. The van der Waals surface area contributed by atoms with Gasteiger partial charge in [0.15, 0.2) is 0 Å². The fourth-order valence-electron chi connectivity index (χ4n) is 2.78. The molecule has 124 valence electrons. The first-order valence-corrected chi connectivity index (χ1v) is 7.80. The molecule has 1 atom stereocenters. The predicted octanol–water partition coefficient (Wildman–Crippen LogP) is 2.74. The Morgan fingerprint density at radius 1 is 1.26 bits per heavy atom. The van der Waals surface area contributed by atoms with Crippen molar-refractivity contribution in [1.29, 1.82) is 0 Å². The normalized spacial score (nSPS) is 20.7. The summed E-state index contributed by atoms with van der Waals surface area (Å²) in [6.07, 6.45) is 2.17. The Hall–Kier alpha value is -2.24. The lowest BCUT2D eigenvalue weighted by molar-refractivity contribution is -0.132. The van der Waals surface area contributed by atoms with Gasteiger partial charge in [-0.05, 0) is 31.0 Å². The van der Waals surface area contributed by atoms with E-state index in [1.165, 1.54) is 31.2 Å². The van der Waals surface area contributed by atoms with Gasteiger partial charge in [0.2, 0.25) is 0 Å². The molecule has 1 aliphatic rings. The molecule has 2 rings (SSSR count). The van der Waals surface area contributed by atoms with Crippen LogP contribution in [0.1, 0.15) is 45.1 Å². The predicted molar refractivity (Wildman–Crippen MR) is 83.1 cm³/mol. The highest BCUT2D eigenvalue weighted by atomic mass is 19.1. The van der Waals surface area contributed by atoms with E-state index in [9.17, 15) is 18.8 Å². The number of Topliss-reactive ketones (excluding diaryl/α,β-unsaturated/α-hetero) is 1. The average Bonchev–Trinajstić information content (AvgIpc) is 2.75. The number of unbranched alkanes of at least 4 members (excludes halogenated alkanes) is 1. The van der Waals surface area contributed by atoms with Crippen LogP contribution in [-0.2, 0) is 15.1 Å². The third kappa shape index (κ3) is 3.41. The summed E-state index contributed by atoms with van der Waals surface area (Å²) in [5, 5.41) is 2.77. The number of rotatable bonds is 7. The monoisotopic (exact) mass is 320 g/mol. The van der Waals surface area contributed by atoms with Crippen molar-refractivity contribution >= 4 is 17.7 Å². The van der Waals surface area contributed by atoms with Crippen molar-refractivity contribution < 1.29 is 18.8 Å². The van der Waals surface area contributed by atoms with Gasteiger partial charge in [0.1, 0.15) is 17.1 Å². The van der Waals surface area contributed by atoms with Crippen molar-refractivity contribution in [2.75, 3.05) is 6.54 Å². The number of amides is 3. The second-order valence-corrected chi connectivity index (χ2v) is 5.85.